The molecule has 4 nitrogen and oxygen atoms in total. The van der Waals surface area contributed by atoms with E-state index in [4.69, 9.17) is 0 Å². The summed E-state index contributed by atoms with van der Waals surface area (Å²) in [7, 11) is 0. The molecule has 1 heterocycles. The molecule has 114 valence electrons. The van der Waals surface area contributed by atoms with Crippen LogP contribution in [0.25, 0.3) is 6.08 Å². The van der Waals surface area contributed by atoms with Gasteiger partial charge in [-0.05, 0) is 30.2 Å². The van der Waals surface area contributed by atoms with E-state index in [0.29, 0.717) is 13.0 Å². The van der Waals surface area contributed by atoms with E-state index < -0.39 is 0 Å². The second-order valence-electron chi connectivity index (χ2n) is 4.95. The molecule has 1 amide bonds. The molecule has 2 rings (SSSR count). The number of nitrogens with one attached hydrogen (secondary N) is 1. The molecule has 0 fully saturated rings. The Morgan fingerprint density at radius 2 is 1.95 bits per heavy atom. The fourth-order valence-corrected chi connectivity index (χ4v) is 2.19. The third-order valence-corrected chi connectivity index (χ3v) is 3.36. The maximum atomic E-state index is 11.9. The molecule has 0 aliphatic rings. The van der Waals surface area contributed by atoms with Gasteiger partial charge in [-0.25, -0.2) is 0 Å². The lowest BCUT2D eigenvalue weighted by Gasteiger charge is -2.16. The van der Waals surface area contributed by atoms with Gasteiger partial charge < -0.3 is 10.4 Å². The lowest BCUT2D eigenvalue weighted by Crippen LogP contribution is -2.27. The van der Waals surface area contributed by atoms with E-state index in [1.165, 1.54) is 6.08 Å². The molecule has 0 radical (unpaired) electrons. The Balaban J connectivity index is 1.89. The van der Waals surface area contributed by atoms with Gasteiger partial charge in [-0.1, -0.05) is 36.4 Å². The topological polar surface area (TPSA) is 62.2 Å². The molecule has 1 aromatic heterocycles. The summed E-state index contributed by atoms with van der Waals surface area (Å²) in [5, 5.41) is 12.1. The molecule has 0 bridgehead atoms. The van der Waals surface area contributed by atoms with Crippen LogP contribution >= 0.6 is 0 Å². The van der Waals surface area contributed by atoms with E-state index in [1.54, 1.807) is 12.3 Å². The number of hydrogen-bond donors (Lipinski definition) is 2. The van der Waals surface area contributed by atoms with Crippen LogP contribution in [0.3, 0.4) is 0 Å². The predicted molar refractivity (Wildman–Crippen MR) is 87.2 cm³/mol. The molecule has 1 unspecified atom stereocenters. The third kappa shape index (κ3) is 5.14. The zero-order valence-electron chi connectivity index (χ0n) is 12.4. The largest absolute Gasteiger partial charge is 0.396 e. The average Bonchev–Trinajstić information content (AvgIpc) is 2.58. The van der Waals surface area contributed by atoms with Crippen LogP contribution in [-0.2, 0) is 4.79 Å². The van der Waals surface area contributed by atoms with Crippen molar-refractivity contribution in [2.24, 2.45) is 0 Å². The average molecular weight is 296 g/mol. The number of aromatic nitrogens is 1. The standard InChI is InChI=1S/C18H20N2O2/c21-13-11-16(15-6-2-1-3-7-15)14-20-18(22)10-9-17-8-4-5-12-19-17/h1-10,12,16,21H,11,13-14H2,(H,20,22)/b10-9+. The van der Waals surface area contributed by atoms with Crippen LogP contribution < -0.4 is 5.32 Å². The number of pyridine rings is 1. The molecular weight excluding hydrogens is 276 g/mol. The lowest BCUT2D eigenvalue weighted by molar-refractivity contribution is -0.116. The van der Waals surface area contributed by atoms with Crippen molar-refractivity contribution in [2.75, 3.05) is 13.2 Å². The Labute approximate surface area is 130 Å². The quantitative estimate of drug-likeness (QED) is 0.771. The van der Waals surface area contributed by atoms with E-state index in [-0.39, 0.29) is 18.4 Å². The molecule has 22 heavy (non-hydrogen) atoms. The van der Waals surface area contributed by atoms with Crippen LogP contribution in [0.1, 0.15) is 23.6 Å². The zero-order valence-corrected chi connectivity index (χ0v) is 12.4. The van der Waals surface area contributed by atoms with Crippen molar-refractivity contribution in [1.29, 1.82) is 0 Å². The molecule has 4 heteroatoms. The second kappa shape index (κ2) is 8.74. The van der Waals surface area contributed by atoms with Gasteiger partial charge in [0, 0.05) is 31.3 Å². The van der Waals surface area contributed by atoms with Crippen molar-refractivity contribution in [2.45, 2.75) is 12.3 Å². The van der Waals surface area contributed by atoms with Crippen molar-refractivity contribution in [3.63, 3.8) is 0 Å². The van der Waals surface area contributed by atoms with Crippen LogP contribution in [0.4, 0.5) is 0 Å². The summed E-state index contributed by atoms with van der Waals surface area (Å²) in [6, 6.07) is 15.4. The van der Waals surface area contributed by atoms with Gasteiger partial charge in [0.25, 0.3) is 0 Å². The number of aliphatic hydroxyl groups excluding tert-OH is 1. The molecule has 0 spiro atoms. The number of hydrogen-bond acceptors (Lipinski definition) is 3. The summed E-state index contributed by atoms with van der Waals surface area (Å²) in [6.45, 7) is 0.592. The molecule has 2 N–H and O–H groups in total. The highest BCUT2D eigenvalue weighted by Gasteiger charge is 2.11. The van der Waals surface area contributed by atoms with Gasteiger partial charge in [0.15, 0.2) is 0 Å². The first-order valence-electron chi connectivity index (χ1n) is 7.32. The van der Waals surface area contributed by atoms with Gasteiger partial charge in [-0.3, -0.25) is 9.78 Å². The first-order valence-corrected chi connectivity index (χ1v) is 7.32. The smallest absolute Gasteiger partial charge is 0.244 e. The van der Waals surface area contributed by atoms with Gasteiger partial charge in [0.05, 0.1) is 5.69 Å². The molecule has 1 atom stereocenters. The van der Waals surface area contributed by atoms with Gasteiger partial charge in [0.1, 0.15) is 0 Å². The number of rotatable bonds is 7. The van der Waals surface area contributed by atoms with Gasteiger partial charge >= 0.3 is 0 Å². The molecule has 2 aromatic rings. The minimum Gasteiger partial charge on any atom is -0.396 e. The Morgan fingerprint density at radius 3 is 2.64 bits per heavy atom. The minimum atomic E-state index is -0.162. The first-order chi connectivity index (χ1) is 10.8. The zero-order chi connectivity index (χ0) is 15.6. The highest BCUT2D eigenvalue weighted by atomic mass is 16.3. The van der Waals surface area contributed by atoms with E-state index in [1.807, 2.05) is 48.5 Å². The number of carbonyl (C=O) groups is 1. The number of nitrogens with zero attached hydrogens (tertiary/aromatic N) is 1. The van der Waals surface area contributed by atoms with E-state index in [0.717, 1.165) is 11.3 Å². The predicted octanol–water partition coefficient (Wildman–Crippen LogP) is 2.38. The van der Waals surface area contributed by atoms with E-state index >= 15 is 0 Å². The lowest BCUT2D eigenvalue weighted by atomic mass is 9.96. The van der Waals surface area contributed by atoms with Crippen LogP contribution in [0.2, 0.25) is 0 Å². The monoisotopic (exact) mass is 296 g/mol. The number of carbonyl (C=O) groups excluding carboxylic acids is 1. The number of aliphatic hydroxyl groups is 1. The third-order valence-electron chi connectivity index (χ3n) is 3.36. The van der Waals surface area contributed by atoms with E-state index in [9.17, 15) is 9.90 Å². The minimum absolute atomic E-state index is 0.0964. The van der Waals surface area contributed by atoms with Gasteiger partial charge in [-0.2, -0.15) is 0 Å². The van der Waals surface area contributed by atoms with Gasteiger partial charge in [0.2, 0.25) is 5.91 Å². The molecule has 0 aliphatic heterocycles. The van der Waals surface area contributed by atoms with Crippen LogP contribution in [0.15, 0.2) is 60.8 Å². The van der Waals surface area contributed by atoms with Crippen molar-refractivity contribution >= 4 is 12.0 Å². The Hall–Kier alpha value is -2.46. The molecule has 0 aliphatic carbocycles. The maximum Gasteiger partial charge on any atom is 0.244 e. The Kier molecular flexibility index (Phi) is 6.33. The van der Waals surface area contributed by atoms with E-state index in [2.05, 4.69) is 10.3 Å². The highest BCUT2D eigenvalue weighted by molar-refractivity contribution is 5.91. The first kappa shape index (κ1) is 15.9. The summed E-state index contributed by atoms with van der Waals surface area (Å²) in [6.07, 6.45) is 5.46. The van der Waals surface area contributed by atoms with Crippen LogP contribution in [0, 0.1) is 0 Å². The Morgan fingerprint density at radius 1 is 1.18 bits per heavy atom. The highest BCUT2D eigenvalue weighted by Crippen LogP contribution is 2.18. The maximum absolute atomic E-state index is 11.9. The molecule has 0 saturated carbocycles. The molecule has 0 saturated heterocycles. The fraction of sp³-hybridized carbons (Fsp3) is 0.222. The van der Waals surface area contributed by atoms with Crippen molar-refractivity contribution in [3.05, 3.63) is 72.1 Å². The van der Waals surface area contributed by atoms with Crippen LogP contribution in [0.5, 0.6) is 0 Å². The van der Waals surface area contributed by atoms with Crippen LogP contribution in [-0.4, -0.2) is 29.1 Å². The summed E-state index contributed by atoms with van der Waals surface area (Å²) >= 11 is 0. The van der Waals surface area contributed by atoms with Crippen molar-refractivity contribution in [3.8, 4) is 0 Å². The van der Waals surface area contributed by atoms with Crippen molar-refractivity contribution < 1.29 is 9.90 Å². The molecular formula is C18H20N2O2. The van der Waals surface area contributed by atoms with Gasteiger partial charge in [-0.15, -0.1) is 0 Å². The summed E-state index contributed by atoms with van der Waals surface area (Å²) < 4.78 is 0. The number of amides is 1. The summed E-state index contributed by atoms with van der Waals surface area (Å²) in [5.74, 6) is -0.0528. The normalized spacial score (nSPS) is 12.2. The summed E-state index contributed by atoms with van der Waals surface area (Å²) in [4.78, 5) is 16.0. The SMILES string of the molecule is O=C(/C=C/c1ccccn1)NCC(CCO)c1ccccc1. The second-order valence-corrected chi connectivity index (χ2v) is 4.95. The van der Waals surface area contributed by atoms with Crippen molar-refractivity contribution in [1.82, 2.24) is 10.3 Å². The summed E-state index contributed by atoms with van der Waals surface area (Å²) in [5.41, 5.74) is 1.86. The fourth-order valence-electron chi connectivity index (χ4n) is 2.19. The number of benzene rings is 1. The Bertz CT molecular complexity index is 597. The molecule has 1 aromatic carbocycles.